The van der Waals surface area contributed by atoms with Crippen molar-refractivity contribution >= 4 is 0 Å². The van der Waals surface area contributed by atoms with Crippen LogP contribution in [0, 0.1) is 23.3 Å². The van der Waals surface area contributed by atoms with E-state index in [4.69, 9.17) is 4.74 Å². The Bertz CT molecular complexity index is 596. The lowest BCUT2D eigenvalue weighted by Gasteiger charge is -2.46. The van der Waals surface area contributed by atoms with Crippen molar-refractivity contribution < 1.29 is 22.3 Å². The Hall–Kier alpha value is -1.36. The van der Waals surface area contributed by atoms with Crippen molar-refractivity contribution in [3.63, 3.8) is 0 Å². The van der Waals surface area contributed by atoms with Crippen molar-refractivity contribution in [2.24, 2.45) is 0 Å². The fraction of sp³-hybridized carbons (Fsp3) is 0.429. The number of benzene rings is 1. The van der Waals surface area contributed by atoms with E-state index >= 15 is 0 Å². The molecular weight excluding hydrogens is 260 g/mol. The first kappa shape index (κ1) is 12.7. The third-order valence-corrected chi connectivity index (χ3v) is 4.31. The number of methoxy groups -OCH3 is 1. The molecule has 19 heavy (non-hydrogen) atoms. The van der Waals surface area contributed by atoms with Gasteiger partial charge < -0.3 is 4.74 Å². The van der Waals surface area contributed by atoms with Crippen molar-refractivity contribution in [1.82, 2.24) is 0 Å². The van der Waals surface area contributed by atoms with Gasteiger partial charge in [-0.15, -0.1) is 0 Å². The van der Waals surface area contributed by atoms with Crippen molar-refractivity contribution in [1.29, 1.82) is 0 Å². The third kappa shape index (κ3) is 1.45. The fourth-order valence-electron chi connectivity index (χ4n) is 3.22. The fourth-order valence-corrected chi connectivity index (χ4v) is 3.22. The van der Waals surface area contributed by atoms with Gasteiger partial charge in [0.25, 0.3) is 0 Å². The van der Waals surface area contributed by atoms with Gasteiger partial charge in [0, 0.05) is 30.1 Å². The van der Waals surface area contributed by atoms with E-state index < -0.39 is 40.7 Å². The minimum Gasteiger partial charge on any atom is -0.378 e. The van der Waals surface area contributed by atoms with Crippen LogP contribution in [-0.2, 0) is 4.74 Å². The lowest BCUT2D eigenvalue weighted by molar-refractivity contribution is -0.0273. The summed E-state index contributed by atoms with van der Waals surface area (Å²) in [6.07, 6.45) is 3.80. The van der Waals surface area contributed by atoms with E-state index in [2.05, 4.69) is 0 Å². The second-order valence-electron chi connectivity index (χ2n) is 5.27. The maximum Gasteiger partial charge on any atom is 0.197 e. The first-order valence-corrected chi connectivity index (χ1v) is 6.00. The molecule has 1 aromatic carbocycles. The van der Waals surface area contributed by atoms with Crippen molar-refractivity contribution in [2.75, 3.05) is 7.11 Å². The summed E-state index contributed by atoms with van der Waals surface area (Å²) in [5.41, 5.74) is -0.915. The largest absolute Gasteiger partial charge is 0.378 e. The van der Waals surface area contributed by atoms with Crippen LogP contribution in [0.1, 0.15) is 36.3 Å². The summed E-state index contributed by atoms with van der Waals surface area (Å²) < 4.78 is 60.0. The molecule has 0 amide bonds. The van der Waals surface area contributed by atoms with Gasteiger partial charge in [0.1, 0.15) is 0 Å². The Morgan fingerprint density at radius 1 is 1.00 bits per heavy atom. The van der Waals surface area contributed by atoms with Gasteiger partial charge in [-0.1, -0.05) is 12.2 Å². The molecule has 0 N–H and O–H groups in total. The van der Waals surface area contributed by atoms with E-state index in [1.54, 1.807) is 19.1 Å². The quantitative estimate of drug-likeness (QED) is 0.327. The maximum absolute atomic E-state index is 14.0. The number of allylic oxidation sites excluding steroid dienone is 1. The Morgan fingerprint density at radius 2 is 1.58 bits per heavy atom. The minimum absolute atomic E-state index is 0.0709. The zero-order chi connectivity index (χ0) is 13.9. The number of halogens is 4. The van der Waals surface area contributed by atoms with Gasteiger partial charge in [-0.25, -0.2) is 17.6 Å². The van der Waals surface area contributed by atoms with Gasteiger partial charge in [-0.05, 0) is 13.3 Å². The smallest absolute Gasteiger partial charge is 0.197 e. The lowest BCUT2D eigenvalue weighted by atomic mass is 9.63. The minimum atomic E-state index is -1.75. The molecule has 0 saturated carbocycles. The molecule has 0 heterocycles. The summed E-state index contributed by atoms with van der Waals surface area (Å²) in [4.78, 5) is 0. The second kappa shape index (κ2) is 3.82. The summed E-state index contributed by atoms with van der Waals surface area (Å²) in [6, 6.07) is 0. The van der Waals surface area contributed by atoms with Crippen LogP contribution < -0.4 is 0 Å². The summed E-state index contributed by atoms with van der Waals surface area (Å²) in [5.74, 6) is -7.19. The Balaban J connectivity index is 2.33. The van der Waals surface area contributed by atoms with Crippen molar-refractivity contribution in [3.05, 3.63) is 46.5 Å². The number of hydrogen-bond acceptors (Lipinski definition) is 1. The molecule has 3 aliphatic carbocycles. The van der Waals surface area contributed by atoms with Crippen LogP contribution in [0.4, 0.5) is 17.6 Å². The molecule has 0 saturated heterocycles. The molecule has 0 aromatic heterocycles. The van der Waals surface area contributed by atoms with Crippen LogP contribution in [0.15, 0.2) is 12.2 Å². The molecule has 0 radical (unpaired) electrons. The van der Waals surface area contributed by atoms with E-state index in [1.807, 2.05) is 0 Å². The van der Waals surface area contributed by atoms with Crippen LogP contribution in [0.2, 0.25) is 0 Å². The number of rotatable bonds is 1. The summed E-state index contributed by atoms with van der Waals surface area (Å²) in [6.45, 7) is 1.76. The molecular formula is C14H12F4O. The molecule has 0 fully saturated rings. The van der Waals surface area contributed by atoms with Crippen LogP contribution in [0.25, 0.3) is 0 Å². The summed E-state index contributed by atoms with van der Waals surface area (Å²) in [5, 5.41) is 0. The van der Waals surface area contributed by atoms with Gasteiger partial charge in [-0.2, -0.15) is 0 Å². The van der Waals surface area contributed by atoms with Gasteiger partial charge in [0.2, 0.25) is 0 Å². The zero-order valence-electron chi connectivity index (χ0n) is 10.4. The van der Waals surface area contributed by atoms with Gasteiger partial charge in [0.05, 0.1) is 5.60 Å². The highest BCUT2D eigenvalue weighted by molar-refractivity contribution is 5.49. The molecule has 1 nitrogen and oxygen atoms in total. The molecule has 5 heteroatoms. The molecule has 102 valence electrons. The van der Waals surface area contributed by atoms with Crippen LogP contribution >= 0.6 is 0 Å². The third-order valence-electron chi connectivity index (χ3n) is 4.31. The van der Waals surface area contributed by atoms with E-state index in [-0.39, 0.29) is 11.1 Å². The van der Waals surface area contributed by atoms with Crippen LogP contribution in [0.3, 0.4) is 0 Å². The molecule has 0 aliphatic heterocycles. The second-order valence-corrected chi connectivity index (χ2v) is 5.27. The summed E-state index contributed by atoms with van der Waals surface area (Å²) >= 11 is 0. The Morgan fingerprint density at radius 3 is 2.16 bits per heavy atom. The average molecular weight is 272 g/mol. The highest BCUT2D eigenvalue weighted by Crippen LogP contribution is 2.53. The molecule has 3 atom stereocenters. The zero-order valence-corrected chi connectivity index (χ0v) is 10.4. The van der Waals surface area contributed by atoms with Gasteiger partial charge in [-0.3, -0.25) is 0 Å². The number of ether oxygens (including phenoxy) is 1. The highest BCUT2D eigenvalue weighted by Gasteiger charge is 2.49. The topological polar surface area (TPSA) is 9.23 Å². The molecule has 3 aliphatic rings. The standard InChI is InChI=1S/C14H12F4O/c1-14(19-2)5-6-3-4-7(14)9-8(6)10(15)12(17)13(18)11(9)16/h3-4,6-7H,5H2,1-2H3. The van der Waals surface area contributed by atoms with Gasteiger partial charge in [0.15, 0.2) is 23.3 Å². The van der Waals surface area contributed by atoms with E-state index in [9.17, 15) is 17.6 Å². The highest BCUT2D eigenvalue weighted by atomic mass is 19.2. The molecule has 4 rings (SSSR count). The first-order chi connectivity index (χ1) is 8.90. The van der Waals surface area contributed by atoms with Crippen molar-refractivity contribution in [3.8, 4) is 0 Å². The molecule has 3 unspecified atom stereocenters. The van der Waals surface area contributed by atoms with Crippen molar-refractivity contribution in [2.45, 2.75) is 30.8 Å². The van der Waals surface area contributed by atoms with E-state index in [0.717, 1.165) is 0 Å². The normalized spacial score (nSPS) is 31.7. The molecule has 0 spiro atoms. The molecule has 2 bridgehead atoms. The average Bonchev–Trinajstić information content (AvgIpc) is 2.42. The van der Waals surface area contributed by atoms with Gasteiger partial charge >= 0.3 is 0 Å². The van der Waals surface area contributed by atoms with Crippen LogP contribution in [-0.4, -0.2) is 12.7 Å². The van der Waals surface area contributed by atoms with E-state index in [1.165, 1.54) is 7.11 Å². The predicted molar refractivity (Wildman–Crippen MR) is 60.9 cm³/mol. The number of hydrogen-bond donors (Lipinski definition) is 0. The Labute approximate surface area is 107 Å². The lowest BCUT2D eigenvalue weighted by Crippen LogP contribution is -2.43. The predicted octanol–water partition coefficient (Wildman–Crippen LogP) is 3.79. The molecule has 1 aromatic rings. The van der Waals surface area contributed by atoms with E-state index in [0.29, 0.717) is 6.42 Å². The SMILES string of the molecule is COC1(C)CC2C=CC1c1c(F)c(F)c(F)c(F)c12. The first-order valence-electron chi connectivity index (χ1n) is 6.00. The van der Waals surface area contributed by atoms with Crippen LogP contribution in [0.5, 0.6) is 0 Å². The maximum atomic E-state index is 14.0. The number of fused-ring (bicyclic) bond motifs is 1. The summed E-state index contributed by atoms with van der Waals surface area (Å²) in [7, 11) is 1.47. The monoisotopic (exact) mass is 272 g/mol. The Kier molecular flexibility index (Phi) is 2.55.